The highest BCUT2D eigenvalue weighted by Crippen LogP contribution is 2.56. The Balaban J connectivity index is 1.05. The Hall–Kier alpha value is -6.59. The van der Waals surface area contributed by atoms with Gasteiger partial charge in [0.25, 0.3) is 5.91 Å². The van der Waals surface area contributed by atoms with E-state index in [0.29, 0.717) is 87.7 Å². The number of amides is 1. The lowest BCUT2D eigenvalue weighted by Crippen LogP contribution is -2.41. The molecule has 3 aliphatic heterocycles. The number of hydrogen-bond acceptors (Lipinski definition) is 9. The van der Waals surface area contributed by atoms with Crippen LogP contribution in [0.1, 0.15) is 116 Å². The van der Waals surface area contributed by atoms with E-state index in [9.17, 15) is 13.8 Å². The molecule has 1 saturated carbocycles. The number of aromatic amines is 1. The average Bonchev–Trinajstić information content (AvgIpc) is 3.77. The highest BCUT2D eigenvalue weighted by molar-refractivity contribution is 7.93. The number of imidazole rings is 1. The van der Waals surface area contributed by atoms with E-state index in [1.165, 1.54) is 14.7 Å². The van der Waals surface area contributed by atoms with Gasteiger partial charge in [-0.3, -0.25) is 23.4 Å². The van der Waals surface area contributed by atoms with Crippen molar-refractivity contribution in [2.45, 2.75) is 102 Å². The maximum absolute atomic E-state index is 15.6. The number of allylic oxidation sites excluding steroid dienone is 1. The van der Waals surface area contributed by atoms with E-state index in [4.69, 9.17) is 14.4 Å². The Morgan fingerprint density at radius 2 is 1.70 bits per heavy atom. The lowest BCUT2D eigenvalue weighted by Gasteiger charge is -2.35. The number of rotatable bonds is 7. The van der Waals surface area contributed by atoms with E-state index >= 15 is 9.18 Å². The number of nitrogens with one attached hydrogen (secondary N) is 1. The molecule has 7 aromatic rings. The molecule has 5 atom stereocenters. The molecule has 15 nitrogen and oxygen atoms in total. The van der Waals surface area contributed by atoms with Gasteiger partial charge in [0.15, 0.2) is 5.82 Å². The van der Waals surface area contributed by atoms with Gasteiger partial charge >= 0.3 is 11.4 Å². The fourth-order valence-corrected chi connectivity index (χ4v) is 12.7. The lowest BCUT2D eigenvalue weighted by atomic mass is 9.83. The van der Waals surface area contributed by atoms with E-state index in [2.05, 4.69) is 53.5 Å². The van der Waals surface area contributed by atoms with Crippen LogP contribution in [0.2, 0.25) is 0 Å². The van der Waals surface area contributed by atoms with Gasteiger partial charge in [0.05, 0.1) is 43.3 Å². The minimum Gasteiger partial charge on any atom is -0.376 e. The number of aromatic nitrogens is 7. The second kappa shape index (κ2) is 15.0. The van der Waals surface area contributed by atoms with Crippen molar-refractivity contribution in [3.8, 4) is 17.2 Å². The first-order chi connectivity index (χ1) is 31.8. The topological polar surface area (TPSA) is 168 Å². The molecule has 1 saturated heterocycles. The third kappa shape index (κ3) is 6.74. The van der Waals surface area contributed by atoms with Gasteiger partial charge < -0.3 is 14.2 Å². The smallest absolute Gasteiger partial charge is 0.376 e. The standard InChI is InChI=1S/C50H52FN9O6S/c1-27-19-37(20-28(2)43(27)51)60-44(58-17-16-57(48(58)63)36-10-12-41-35(23-36)21-30(4)55-67(41,8)64)42-31(5)56(15-13-38(42)53-60)45(61)40-24-34-22-32(33-14-18-65-49(6,7)26-33)9-11-39(34)59(40)50(25-29(50)3)46-52-47(62)66-54-46/h9-12,16-17,19-24,29,31,33H,13-15,18,25-26H2,1-8H3,(H,52,54,62)/t29-,31-,33-,50-,67+/m0/s1. The van der Waals surface area contributed by atoms with Crippen LogP contribution in [0.4, 0.5) is 4.39 Å². The van der Waals surface area contributed by atoms with Crippen molar-refractivity contribution in [2.75, 3.05) is 19.4 Å². The zero-order chi connectivity index (χ0) is 47.1. The van der Waals surface area contributed by atoms with Gasteiger partial charge in [0.1, 0.15) is 22.9 Å². The Kier molecular flexibility index (Phi) is 9.60. The second-order valence-electron chi connectivity index (χ2n) is 19.6. The maximum Gasteiger partial charge on any atom is 0.438 e. The molecule has 1 N–H and O–H groups in total. The van der Waals surface area contributed by atoms with Gasteiger partial charge in [0.2, 0.25) is 0 Å². The first kappa shape index (κ1) is 43.0. The fraction of sp³-hybridized carbons (Fsp3) is 0.380. The summed E-state index contributed by atoms with van der Waals surface area (Å²) in [5.74, 6) is -0.153. The van der Waals surface area contributed by atoms with E-state index < -0.39 is 32.8 Å². The minimum absolute atomic E-state index is 0.0105. The molecule has 7 heterocycles. The summed E-state index contributed by atoms with van der Waals surface area (Å²) in [6.07, 6.45) is 9.56. The normalized spacial score (nSPS) is 24.3. The van der Waals surface area contributed by atoms with Crippen molar-refractivity contribution in [2.24, 2.45) is 10.3 Å². The molecule has 1 aliphatic carbocycles. The minimum atomic E-state index is -2.65. The summed E-state index contributed by atoms with van der Waals surface area (Å²) in [6.45, 7) is 14.4. The quantitative estimate of drug-likeness (QED) is 0.167. The summed E-state index contributed by atoms with van der Waals surface area (Å²) in [7, 11) is -2.65. The van der Waals surface area contributed by atoms with Gasteiger partial charge in [-0.15, -0.1) is 0 Å². The first-order valence-corrected chi connectivity index (χ1v) is 24.7. The largest absolute Gasteiger partial charge is 0.438 e. The summed E-state index contributed by atoms with van der Waals surface area (Å²) in [5, 5.41) is 10.2. The Bertz CT molecular complexity index is 3520. The number of H-pyrrole nitrogens is 1. The van der Waals surface area contributed by atoms with Crippen molar-refractivity contribution in [3.63, 3.8) is 0 Å². The highest BCUT2D eigenvalue weighted by atomic mass is 32.2. The van der Waals surface area contributed by atoms with Crippen LogP contribution in [-0.2, 0) is 26.4 Å². The molecule has 67 heavy (non-hydrogen) atoms. The van der Waals surface area contributed by atoms with Crippen LogP contribution >= 0.6 is 0 Å². The molecule has 0 unspecified atom stereocenters. The number of ether oxygens (including phenoxy) is 1. The van der Waals surface area contributed by atoms with Crippen LogP contribution in [0.25, 0.3) is 34.2 Å². The summed E-state index contributed by atoms with van der Waals surface area (Å²) in [4.78, 5) is 48.1. The number of nitrogens with zero attached hydrogens (tertiary/aromatic N) is 8. The number of halogens is 1. The Labute approximate surface area is 386 Å². The summed E-state index contributed by atoms with van der Waals surface area (Å²) >= 11 is 0. The van der Waals surface area contributed by atoms with Crippen molar-refractivity contribution in [1.82, 2.24) is 38.5 Å². The van der Waals surface area contributed by atoms with E-state index in [-0.39, 0.29) is 29.2 Å². The fourth-order valence-electron chi connectivity index (χ4n) is 11.2. The van der Waals surface area contributed by atoms with Gasteiger partial charge in [-0.05, 0) is 150 Å². The van der Waals surface area contributed by atoms with Gasteiger partial charge in [-0.25, -0.2) is 27.2 Å². The number of hydrogen-bond donors (Lipinski definition) is 1. The van der Waals surface area contributed by atoms with Crippen molar-refractivity contribution < 1.29 is 22.7 Å². The molecule has 1 amide bonds. The Morgan fingerprint density at radius 3 is 2.40 bits per heavy atom. The lowest BCUT2D eigenvalue weighted by molar-refractivity contribution is -0.0592. The molecule has 11 rings (SSSR count). The SMILES string of the molecule is CC1=Cc2cc(-n3ccn(-c4c5c(nn4-c4cc(C)c(F)c(C)c4)CCN(C(=O)c4cc6cc([C@H]7CCOC(C)(C)C7)ccc6n4[C@@]4(c6noc(=O)[nH]6)C[C@@H]4C)[C@H]5C)c3=O)ccc2[S@@](C)(=O)=N1. The van der Waals surface area contributed by atoms with Crippen molar-refractivity contribution in [3.05, 3.63) is 145 Å². The van der Waals surface area contributed by atoms with E-state index in [1.54, 1.807) is 68.4 Å². The number of carbonyl (C=O) groups excluding carboxylic acids is 1. The predicted molar refractivity (Wildman–Crippen MR) is 251 cm³/mol. The Morgan fingerprint density at radius 1 is 0.955 bits per heavy atom. The summed E-state index contributed by atoms with van der Waals surface area (Å²) in [6, 6.07) is 16.5. The summed E-state index contributed by atoms with van der Waals surface area (Å²) in [5.41, 5.74) is 5.67. The third-order valence-electron chi connectivity index (χ3n) is 14.5. The number of fused-ring (bicyclic) bond motifs is 3. The van der Waals surface area contributed by atoms with Crippen molar-refractivity contribution >= 4 is 32.6 Å². The maximum atomic E-state index is 15.6. The summed E-state index contributed by atoms with van der Waals surface area (Å²) < 4.78 is 50.9. The van der Waals surface area contributed by atoms with Crippen LogP contribution in [0.5, 0.6) is 0 Å². The zero-order valence-electron chi connectivity index (χ0n) is 38.7. The molecule has 4 aliphatic rings. The van der Waals surface area contributed by atoms with Gasteiger partial charge in [-0.2, -0.15) is 5.10 Å². The number of carbonyl (C=O) groups is 1. The number of benzene rings is 3. The van der Waals surface area contributed by atoms with Gasteiger partial charge in [-0.1, -0.05) is 18.1 Å². The second-order valence-corrected chi connectivity index (χ2v) is 21.8. The van der Waals surface area contributed by atoms with Crippen LogP contribution < -0.4 is 11.4 Å². The van der Waals surface area contributed by atoms with Crippen LogP contribution in [0.3, 0.4) is 0 Å². The molecule has 3 aromatic carbocycles. The molecule has 346 valence electrons. The van der Waals surface area contributed by atoms with Crippen molar-refractivity contribution in [1.29, 1.82) is 0 Å². The molecule has 2 fully saturated rings. The number of aryl methyl sites for hydroxylation is 2. The van der Waals surface area contributed by atoms with E-state index in [1.807, 2.05) is 34.6 Å². The molecule has 0 spiro atoms. The zero-order valence-corrected chi connectivity index (χ0v) is 39.5. The molecule has 0 bridgehead atoms. The molecule has 17 heteroatoms. The van der Waals surface area contributed by atoms with Crippen LogP contribution in [0.15, 0.2) is 96.1 Å². The van der Waals surface area contributed by atoms with Crippen LogP contribution in [0, 0.1) is 25.6 Å². The highest BCUT2D eigenvalue weighted by Gasteiger charge is 2.59. The average molecular weight is 926 g/mol. The van der Waals surface area contributed by atoms with Gasteiger partial charge in [0, 0.05) is 60.4 Å². The monoisotopic (exact) mass is 925 g/mol. The predicted octanol–water partition coefficient (Wildman–Crippen LogP) is 8.25. The third-order valence-corrected chi connectivity index (χ3v) is 16.3. The van der Waals surface area contributed by atoms with Crippen LogP contribution in [-0.4, -0.2) is 73.6 Å². The molecular formula is C50H52FN9O6S. The molecule has 0 radical (unpaired) electrons. The first-order valence-electron chi connectivity index (χ1n) is 22.8. The molecular weight excluding hydrogens is 874 g/mol. The van der Waals surface area contributed by atoms with E-state index in [0.717, 1.165) is 29.3 Å². The molecule has 4 aromatic heterocycles.